The van der Waals surface area contributed by atoms with Crippen molar-refractivity contribution < 1.29 is 14.7 Å². The van der Waals surface area contributed by atoms with Gasteiger partial charge in [0.2, 0.25) is 5.91 Å². The van der Waals surface area contributed by atoms with E-state index in [1.54, 1.807) is 0 Å². The second kappa shape index (κ2) is 4.02. The van der Waals surface area contributed by atoms with Crippen LogP contribution < -0.4 is 0 Å². The van der Waals surface area contributed by atoms with Crippen LogP contribution in [0.2, 0.25) is 0 Å². The van der Waals surface area contributed by atoms with Crippen molar-refractivity contribution in [2.75, 3.05) is 18.8 Å². The Bertz CT molecular complexity index is 297. The van der Waals surface area contributed by atoms with Gasteiger partial charge < -0.3 is 5.11 Å². The molecule has 2 heterocycles. The number of nitrogens with zero attached hydrogens (tertiary/aromatic N) is 2. The molecule has 15 heavy (non-hydrogen) atoms. The molecule has 2 atom stereocenters. The quantitative estimate of drug-likeness (QED) is 0.647. The second-order valence-corrected chi connectivity index (χ2v) is 4.34. The first-order chi connectivity index (χ1) is 7.15. The van der Waals surface area contributed by atoms with Crippen LogP contribution in [-0.2, 0) is 9.59 Å². The van der Waals surface area contributed by atoms with E-state index in [0.717, 1.165) is 13.0 Å². The third kappa shape index (κ3) is 1.72. The van der Waals surface area contributed by atoms with Gasteiger partial charge in [-0.3, -0.25) is 9.80 Å². The number of carbonyl (C=O) groups excluding carboxylic acids is 1. The lowest BCUT2D eigenvalue weighted by molar-refractivity contribution is -0.165. The molecule has 2 rings (SSSR count). The first-order valence-corrected chi connectivity index (χ1v) is 5.70. The largest absolute Gasteiger partial charge is 0.480 e. The van der Waals surface area contributed by atoms with Gasteiger partial charge in [-0.2, -0.15) is 12.6 Å². The summed E-state index contributed by atoms with van der Waals surface area (Å²) in [6.07, 6.45) is 1.39. The van der Waals surface area contributed by atoms with Crippen molar-refractivity contribution in [3.8, 4) is 0 Å². The van der Waals surface area contributed by atoms with E-state index in [1.807, 2.05) is 5.01 Å². The molecule has 0 radical (unpaired) electrons. The van der Waals surface area contributed by atoms with Gasteiger partial charge in [0.25, 0.3) is 0 Å². The minimum atomic E-state index is -0.909. The highest BCUT2D eigenvalue weighted by atomic mass is 32.1. The summed E-state index contributed by atoms with van der Waals surface area (Å²) in [6, 6.07) is -0.670. The number of aliphatic carboxylic acids is 1. The monoisotopic (exact) mass is 230 g/mol. The number of rotatable bonds is 2. The van der Waals surface area contributed by atoms with Crippen molar-refractivity contribution in [3.63, 3.8) is 0 Å². The average molecular weight is 230 g/mol. The van der Waals surface area contributed by atoms with Crippen LogP contribution in [-0.4, -0.2) is 51.9 Å². The summed E-state index contributed by atoms with van der Waals surface area (Å²) >= 11 is 4.11. The lowest BCUT2D eigenvalue weighted by Crippen LogP contribution is -2.53. The standard InChI is InChI=1S/C9H14N2O3S/c12-8-6(5-15)4-10-3-1-2-7(9(13)14)11(8)10/h6-7,15H,1-5H2,(H,13,14). The second-order valence-electron chi connectivity index (χ2n) is 3.97. The fraction of sp³-hybridized carbons (Fsp3) is 0.778. The van der Waals surface area contributed by atoms with E-state index in [2.05, 4.69) is 12.6 Å². The predicted octanol–water partition coefficient (Wildman–Crippen LogP) is -0.161. The van der Waals surface area contributed by atoms with Crippen LogP contribution >= 0.6 is 12.6 Å². The number of hydrogen-bond acceptors (Lipinski definition) is 4. The van der Waals surface area contributed by atoms with Gasteiger partial charge in [-0.15, -0.1) is 0 Å². The van der Waals surface area contributed by atoms with Gasteiger partial charge in [0.1, 0.15) is 6.04 Å². The minimum Gasteiger partial charge on any atom is -0.480 e. The minimum absolute atomic E-state index is 0.0860. The maximum Gasteiger partial charge on any atom is 0.328 e. The van der Waals surface area contributed by atoms with Gasteiger partial charge in [-0.05, 0) is 12.8 Å². The molecule has 5 nitrogen and oxygen atoms in total. The highest BCUT2D eigenvalue weighted by Crippen LogP contribution is 2.28. The predicted molar refractivity (Wildman–Crippen MR) is 56.4 cm³/mol. The van der Waals surface area contributed by atoms with Crippen LogP contribution in [0.15, 0.2) is 0 Å². The Kier molecular flexibility index (Phi) is 2.88. The highest BCUT2D eigenvalue weighted by molar-refractivity contribution is 7.80. The Hall–Kier alpha value is -0.750. The van der Waals surface area contributed by atoms with Crippen molar-refractivity contribution >= 4 is 24.5 Å². The van der Waals surface area contributed by atoms with E-state index >= 15 is 0 Å². The number of hydrogen-bond donors (Lipinski definition) is 2. The summed E-state index contributed by atoms with van der Waals surface area (Å²) in [7, 11) is 0. The van der Waals surface area contributed by atoms with Crippen molar-refractivity contribution in [2.24, 2.45) is 5.92 Å². The molecule has 6 heteroatoms. The zero-order valence-electron chi connectivity index (χ0n) is 8.30. The van der Waals surface area contributed by atoms with Crippen LogP contribution in [0.5, 0.6) is 0 Å². The molecule has 0 aromatic rings. The van der Waals surface area contributed by atoms with E-state index in [9.17, 15) is 9.59 Å². The summed E-state index contributed by atoms with van der Waals surface area (Å²) in [6.45, 7) is 1.39. The molecule has 84 valence electrons. The topological polar surface area (TPSA) is 60.9 Å². The van der Waals surface area contributed by atoms with E-state index in [1.165, 1.54) is 5.01 Å². The van der Waals surface area contributed by atoms with E-state index in [4.69, 9.17) is 5.11 Å². The molecule has 2 aliphatic rings. The number of carboxylic acid groups (broad SMARTS) is 1. The van der Waals surface area contributed by atoms with Crippen LogP contribution in [0, 0.1) is 5.92 Å². The fourth-order valence-electron chi connectivity index (χ4n) is 2.25. The third-order valence-corrected chi connectivity index (χ3v) is 3.45. The van der Waals surface area contributed by atoms with Gasteiger partial charge in [0.05, 0.1) is 5.92 Å². The molecule has 2 saturated heterocycles. The maximum absolute atomic E-state index is 11.9. The SMILES string of the molecule is O=C(O)C1CCCN2CC(CS)C(=O)N12. The fourth-order valence-corrected chi connectivity index (χ4v) is 2.52. The first-order valence-electron chi connectivity index (χ1n) is 5.06. The number of amides is 1. The molecule has 0 aromatic carbocycles. The summed E-state index contributed by atoms with van der Waals surface area (Å²) in [5, 5.41) is 12.3. The molecule has 2 fully saturated rings. The van der Waals surface area contributed by atoms with Gasteiger partial charge in [-0.25, -0.2) is 9.80 Å². The van der Waals surface area contributed by atoms with Crippen molar-refractivity contribution in [3.05, 3.63) is 0 Å². The lowest BCUT2D eigenvalue weighted by atomic mass is 10.1. The van der Waals surface area contributed by atoms with Crippen molar-refractivity contribution in [1.29, 1.82) is 0 Å². The van der Waals surface area contributed by atoms with Crippen LogP contribution in [0.3, 0.4) is 0 Å². The smallest absolute Gasteiger partial charge is 0.328 e. The lowest BCUT2D eigenvalue weighted by Gasteiger charge is -2.37. The van der Waals surface area contributed by atoms with Crippen molar-refractivity contribution in [2.45, 2.75) is 18.9 Å². The van der Waals surface area contributed by atoms with Crippen LogP contribution in [0.1, 0.15) is 12.8 Å². The Labute approximate surface area is 93.4 Å². The zero-order valence-corrected chi connectivity index (χ0v) is 9.19. The highest BCUT2D eigenvalue weighted by Gasteiger charge is 2.45. The number of hydrazine groups is 1. The summed E-state index contributed by atoms with van der Waals surface area (Å²) < 4.78 is 0. The van der Waals surface area contributed by atoms with Crippen molar-refractivity contribution in [1.82, 2.24) is 10.0 Å². The molecule has 0 bridgehead atoms. The first kappa shape index (κ1) is 10.8. The number of thiol groups is 1. The Morgan fingerprint density at radius 1 is 1.60 bits per heavy atom. The molecule has 2 unspecified atom stereocenters. The normalized spacial score (nSPS) is 31.8. The summed E-state index contributed by atoms with van der Waals surface area (Å²) in [4.78, 5) is 22.9. The number of carboxylic acids is 1. The van der Waals surface area contributed by atoms with Crippen LogP contribution in [0.4, 0.5) is 0 Å². The average Bonchev–Trinajstić information content (AvgIpc) is 2.55. The van der Waals surface area contributed by atoms with E-state index in [-0.39, 0.29) is 11.8 Å². The molecule has 0 spiro atoms. The third-order valence-electron chi connectivity index (χ3n) is 3.01. The molecular formula is C9H14N2O3S. The molecule has 1 amide bonds. The molecular weight excluding hydrogens is 216 g/mol. The van der Waals surface area contributed by atoms with Gasteiger partial charge >= 0.3 is 5.97 Å². The van der Waals surface area contributed by atoms with Gasteiger partial charge in [0.15, 0.2) is 0 Å². The summed E-state index contributed by atoms with van der Waals surface area (Å²) in [5.74, 6) is -0.656. The van der Waals surface area contributed by atoms with Gasteiger partial charge in [-0.1, -0.05) is 0 Å². The molecule has 1 N–H and O–H groups in total. The summed E-state index contributed by atoms with van der Waals surface area (Å²) in [5.41, 5.74) is 0. The van der Waals surface area contributed by atoms with E-state index in [0.29, 0.717) is 18.7 Å². The Morgan fingerprint density at radius 3 is 2.93 bits per heavy atom. The zero-order chi connectivity index (χ0) is 11.0. The maximum atomic E-state index is 11.9. The molecule has 0 saturated carbocycles. The molecule has 0 aromatic heterocycles. The van der Waals surface area contributed by atoms with Crippen LogP contribution in [0.25, 0.3) is 0 Å². The van der Waals surface area contributed by atoms with E-state index < -0.39 is 12.0 Å². The molecule has 2 aliphatic heterocycles. The van der Waals surface area contributed by atoms with Gasteiger partial charge in [0, 0.05) is 18.8 Å². The molecule has 0 aliphatic carbocycles. The number of carbonyl (C=O) groups is 2. The number of fused-ring (bicyclic) bond motifs is 1. The Morgan fingerprint density at radius 2 is 2.33 bits per heavy atom. The Balaban J connectivity index is 2.20.